The second-order valence-corrected chi connectivity index (χ2v) is 5.00. The van der Waals surface area contributed by atoms with E-state index in [0.717, 1.165) is 49.6 Å². The zero-order valence-electron chi connectivity index (χ0n) is 9.58. The third-order valence-electron chi connectivity index (χ3n) is 3.90. The van der Waals surface area contributed by atoms with Gasteiger partial charge in [0.05, 0.1) is 0 Å². The van der Waals surface area contributed by atoms with Crippen molar-refractivity contribution in [2.45, 2.75) is 0 Å². The van der Waals surface area contributed by atoms with Crippen LogP contribution in [0.15, 0.2) is 24.4 Å². The summed E-state index contributed by atoms with van der Waals surface area (Å²) in [5, 5.41) is 7.98. The van der Waals surface area contributed by atoms with Gasteiger partial charge < -0.3 is 10.2 Å². The van der Waals surface area contributed by atoms with Crippen LogP contribution >= 0.6 is 0 Å². The van der Waals surface area contributed by atoms with Crippen LogP contribution in [0.3, 0.4) is 0 Å². The van der Waals surface area contributed by atoms with Crippen LogP contribution in [0.5, 0.6) is 0 Å². The van der Waals surface area contributed by atoms with Gasteiger partial charge in [-0.1, -0.05) is 6.07 Å². The summed E-state index contributed by atoms with van der Waals surface area (Å²) < 4.78 is 1.85. The quantitative estimate of drug-likeness (QED) is 0.768. The number of fused-ring (bicyclic) bond motifs is 2. The summed E-state index contributed by atoms with van der Waals surface area (Å²) >= 11 is 0. The van der Waals surface area contributed by atoms with E-state index in [1.54, 1.807) is 0 Å². The molecule has 0 saturated carbocycles. The van der Waals surface area contributed by atoms with Crippen LogP contribution < -0.4 is 10.2 Å². The van der Waals surface area contributed by atoms with Gasteiger partial charge in [0.15, 0.2) is 5.65 Å². The minimum atomic E-state index is 0.779. The Bertz CT molecular complexity index is 504. The van der Waals surface area contributed by atoms with Gasteiger partial charge in [-0.05, 0) is 24.0 Å². The van der Waals surface area contributed by atoms with Gasteiger partial charge in [0.25, 0.3) is 0 Å². The predicted octanol–water partition coefficient (Wildman–Crippen LogP) is 0.385. The molecule has 0 amide bonds. The van der Waals surface area contributed by atoms with Crippen molar-refractivity contribution in [1.82, 2.24) is 19.9 Å². The highest BCUT2D eigenvalue weighted by Crippen LogP contribution is 2.28. The molecule has 2 aliphatic rings. The Morgan fingerprint density at radius 2 is 2.00 bits per heavy atom. The molecular weight excluding hydrogens is 214 g/mol. The first-order chi connectivity index (χ1) is 8.40. The fourth-order valence-electron chi connectivity index (χ4n) is 2.97. The highest BCUT2D eigenvalue weighted by molar-refractivity contribution is 5.45. The Morgan fingerprint density at radius 3 is 2.76 bits per heavy atom. The molecule has 2 aromatic rings. The molecular formula is C12H15N5. The van der Waals surface area contributed by atoms with Gasteiger partial charge in [-0.15, -0.1) is 5.10 Å². The lowest BCUT2D eigenvalue weighted by molar-refractivity contribution is 0.533. The molecule has 2 aromatic heterocycles. The maximum Gasteiger partial charge on any atom is 0.245 e. The van der Waals surface area contributed by atoms with Crippen LogP contribution in [0.25, 0.3) is 5.65 Å². The molecule has 0 radical (unpaired) electrons. The Hall–Kier alpha value is -1.62. The van der Waals surface area contributed by atoms with Gasteiger partial charge in [-0.3, -0.25) is 0 Å². The summed E-state index contributed by atoms with van der Waals surface area (Å²) in [4.78, 5) is 6.90. The van der Waals surface area contributed by atoms with Crippen molar-refractivity contribution in [2.24, 2.45) is 11.8 Å². The Labute approximate surface area is 99.4 Å². The maximum atomic E-state index is 4.58. The van der Waals surface area contributed by atoms with Gasteiger partial charge >= 0.3 is 0 Å². The number of nitrogens with zero attached hydrogens (tertiary/aromatic N) is 4. The number of pyridine rings is 1. The fraction of sp³-hybridized carbons (Fsp3) is 0.500. The molecule has 2 aliphatic heterocycles. The SMILES string of the molecule is c1ccn2nc(N3CC4CNCC4C3)nc2c1. The fourth-order valence-corrected chi connectivity index (χ4v) is 2.97. The minimum absolute atomic E-state index is 0.779. The molecule has 0 aliphatic carbocycles. The first kappa shape index (κ1) is 9.41. The van der Waals surface area contributed by atoms with E-state index in [-0.39, 0.29) is 0 Å². The molecule has 0 spiro atoms. The van der Waals surface area contributed by atoms with Crippen LogP contribution in [0.1, 0.15) is 0 Å². The number of anilines is 1. The van der Waals surface area contributed by atoms with Gasteiger partial charge in [0, 0.05) is 32.4 Å². The average molecular weight is 229 g/mol. The second kappa shape index (κ2) is 3.43. The first-order valence-corrected chi connectivity index (χ1v) is 6.17. The minimum Gasteiger partial charge on any atom is -0.339 e. The molecule has 1 N–H and O–H groups in total. The summed E-state index contributed by atoms with van der Waals surface area (Å²) in [6.07, 6.45) is 1.95. The second-order valence-electron chi connectivity index (χ2n) is 5.00. The highest BCUT2D eigenvalue weighted by atomic mass is 15.4. The summed E-state index contributed by atoms with van der Waals surface area (Å²) in [6, 6.07) is 5.97. The molecule has 88 valence electrons. The molecule has 0 aromatic carbocycles. The summed E-state index contributed by atoms with van der Waals surface area (Å²) in [5.74, 6) is 2.44. The maximum absolute atomic E-state index is 4.58. The summed E-state index contributed by atoms with van der Waals surface area (Å²) in [5.41, 5.74) is 0.928. The highest BCUT2D eigenvalue weighted by Gasteiger charge is 2.37. The van der Waals surface area contributed by atoms with E-state index in [1.807, 2.05) is 28.9 Å². The topological polar surface area (TPSA) is 45.5 Å². The largest absolute Gasteiger partial charge is 0.339 e. The zero-order chi connectivity index (χ0) is 11.2. The van der Waals surface area contributed by atoms with E-state index >= 15 is 0 Å². The predicted molar refractivity (Wildman–Crippen MR) is 65.0 cm³/mol. The number of nitrogens with one attached hydrogen (secondary N) is 1. The van der Waals surface area contributed by atoms with Crippen molar-refractivity contribution in [3.8, 4) is 0 Å². The molecule has 2 saturated heterocycles. The van der Waals surface area contributed by atoms with E-state index in [0.29, 0.717) is 0 Å². The molecule has 5 heteroatoms. The number of hydrogen-bond donors (Lipinski definition) is 1. The summed E-state index contributed by atoms with van der Waals surface area (Å²) in [6.45, 7) is 4.48. The van der Waals surface area contributed by atoms with E-state index in [2.05, 4.69) is 20.3 Å². The number of aromatic nitrogens is 3. The molecule has 2 unspecified atom stereocenters. The Kier molecular flexibility index (Phi) is 1.90. The van der Waals surface area contributed by atoms with E-state index in [4.69, 9.17) is 0 Å². The standard InChI is InChI=1S/C12H15N5/c1-2-4-17-11(3-1)14-12(15-17)16-7-9-5-13-6-10(9)8-16/h1-4,9-10,13H,5-8H2. The van der Waals surface area contributed by atoms with Crippen LogP contribution in [0, 0.1) is 11.8 Å². The molecule has 17 heavy (non-hydrogen) atoms. The number of rotatable bonds is 1. The van der Waals surface area contributed by atoms with Crippen LogP contribution in [-0.2, 0) is 0 Å². The lowest BCUT2D eigenvalue weighted by atomic mass is 10.0. The van der Waals surface area contributed by atoms with E-state index in [1.165, 1.54) is 0 Å². The molecule has 4 heterocycles. The molecule has 0 bridgehead atoms. The molecule has 5 nitrogen and oxygen atoms in total. The molecule has 2 fully saturated rings. The van der Waals surface area contributed by atoms with Gasteiger partial charge in [-0.2, -0.15) is 4.98 Å². The van der Waals surface area contributed by atoms with Crippen molar-refractivity contribution in [2.75, 3.05) is 31.1 Å². The van der Waals surface area contributed by atoms with E-state index < -0.39 is 0 Å². The third-order valence-corrected chi connectivity index (χ3v) is 3.90. The average Bonchev–Trinajstić information content (AvgIpc) is 3.01. The van der Waals surface area contributed by atoms with E-state index in [9.17, 15) is 0 Å². The van der Waals surface area contributed by atoms with Crippen LogP contribution in [-0.4, -0.2) is 40.8 Å². The van der Waals surface area contributed by atoms with Crippen molar-refractivity contribution in [3.63, 3.8) is 0 Å². The summed E-state index contributed by atoms with van der Waals surface area (Å²) in [7, 11) is 0. The van der Waals surface area contributed by atoms with Gasteiger partial charge in [-0.25, -0.2) is 4.52 Å². The Morgan fingerprint density at radius 1 is 1.18 bits per heavy atom. The normalized spacial score (nSPS) is 27.9. The van der Waals surface area contributed by atoms with Gasteiger partial charge in [0.1, 0.15) is 0 Å². The lowest BCUT2D eigenvalue weighted by Gasteiger charge is -2.14. The first-order valence-electron chi connectivity index (χ1n) is 6.17. The Balaban J connectivity index is 1.66. The van der Waals surface area contributed by atoms with Crippen LogP contribution in [0.2, 0.25) is 0 Å². The van der Waals surface area contributed by atoms with Gasteiger partial charge in [0.2, 0.25) is 5.95 Å². The van der Waals surface area contributed by atoms with Crippen LogP contribution in [0.4, 0.5) is 5.95 Å². The molecule has 4 rings (SSSR count). The lowest BCUT2D eigenvalue weighted by Crippen LogP contribution is -2.26. The van der Waals surface area contributed by atoms with Crippen molar-refractivity contribution >= 4 is 11.6 Å². The third kappa shape index (κ3) is 1.42. The molecule has 2 atom stereocenters. The zero-order valence-corrected chi connectivity index (χ0v) is 9.58. The number of hydrogen-bond acceptors (Lipinski definition) is 4. The van der Waals surface area contributed by atoms with Crippen molar-refractivity contribution < 1.29 is 0 Å². The smallest absolute Gasteiger partial charge is 0.245 e. The van der Waals surface area contributed by atoms with Crippen molar-refractivity contribution in [3.05, 3.63) is 24.4 Å². The monoisotopic (exact) mass is 229 g/mol. The van der Waals surface area contributed by atoms with Crippen molar-refractivity contribution in [1.29, 1.82) is 0 Å².